The second kappa shape index (κ2) is 10.7. The molecular formula is C26H22ClF6N3O. The van der Waals surface area contributed by atoms with Gasteiger partial charge in [-0.1, -0.05) is 48.4 Å². The predicted molar refractivity (Wildman–Crippen MR) is 127 cm³/mol. The van der Waals surface area contributed by atoms with E-state index in [-0.39, 0.29) is 6.04 Å². The number of pyridine rings is 1. The smallest absolute Gasteiger partial charge is 0.342 e. The molecule has 3 aromatic rings. The van der Waals surface area contributed by atoms with Crippen molar-refractivity contribution < 1.29 is 31.1 Å². The number of rotatable bonds is 5. The van der Waals surface area contributed by atoms with E-state index >= 15 is 0 Å². The zero-order chi connectivity index (χ0) is 26.8. The molecule has 1 saturated heterocycles. The average Bonchev–Trinajstić information content (AvgIpc) is 2.87. The summed E-state index contributed by atoms with van der Waals surface area (Å²) < 4.78 is 78.7. The Labute approximate surface area is 214 Å². The molecule has 0 spiro atoms. The van der Waals surface area contributed by atoms with E-state index < -0.39 is 46.1 Å². The zero-order valence-corrected chi connectivity index (χ0v) is 20.0. The molecule has 2 heterocycles. The molecule has 2 atom stereocenters. The van der Waals surface area contributed by atoms with E-state index in [2.05, 4.69) is 15.6 Å². The van der Waals surface area contributed by atoms with Gasteiger partial charge in [0.1, 0.15) is 5.69 Å². The maximum absolute atomic E-state index is 13.3. The van der Waals surface area contributed by atoms with Crippen molar-refractivity contribution in [3.63, 3.8) is 0 Å². The molecule has 11 heteroatoms. The van der Waals surface area contributed by atoms with Crippen molar-refractivity contribution >= 4 is 17.5 Å². The van der Waals surface area contributed by atoms with Gasteiger partial charge in [-0.25, -0.2) is 4.98 Å². The summed E-state index contributed by atoms with van der Waals surface area (Å²) in [6.45, 7) is 0.693. The van der Waals surface area contributed by atoms with Gasteiger partial charge in [-0.05, 0) is 60.3 Å². The number of hydrogen-bond donors (Lipinski definition) is 2. The predicted octanol–water partition coefficient (Wildman–Crippen LogP) is 7.05. The summed E-state index contributed by atoms with van der Waals surface area (Å²) >= 11 is 5.91. The third-order valence-corrected chi connectivity index (χ3v) is 6.62. The van der Waals surface area contributed by atoms with Crippen molar-refractivity contribution in [3.05, 3.63) is 88.2 Å². The average molecular weight is 542 g/mol. The maximum Gasteiger partial charge on any atom is 0.417 e. The quantitative estimate of drug-likeness (QED) is 0.340. The molecule has 2 N–H and O–H groups in total. The summed E-state index contributed by atoms with van der Waals surface area (Å²) in [7, 11) is 0. The SMILES string of the molecule is O=C(N[C@@H](c1cccc(-c2ccc(C(F)(F)F)cc2)c1)C1CCCCN1)c1nccc(C(F)(F)F)c1Cl. The first kappa shape index (κ1) is 26.9. The van der Waals surface area contributed by atoms with E-state index in [4.69, 9.17) is 11.6 Å². The Morgan fingerprint density at radius 2 is 1.70 bits per heavy atom. The minimum absolute atomic E-state index is 0.231. The van der Waals surface area contributed by atoms with Crippen LogP contribution in [-0.4, -0.2) is 23.5 Å². The lowest BCUT2D eigenvalue weighted by Crippen LogP contribution is -2.46. The molecule has 1 aromatic heterocycles. The number of nitrogens with zero attached hydrogens (tertiary/aromatic N) is 1. The fraction of sp³-hybridized carbons (Fsp3) is 0.308. The molecule has 4 nitrogen and oxygen atoms in total. The summed E-state index contributed by atoms with van der Waals surface area (Å²) in [6.07, 6.45) is -5.83. The fourth-order valence-electron chi connectivity index (χ4n) is 4.37. The van der Waals surface area contributed by atoms with Crippen LogP contribution in [0, 0.1) is 0 Å². The highest BCUT2D eigenvalue weighted by Gasteiger charge is 2.36. The van der Waals surface area contributed by atoms with Gasteiger partial charge in [-0.3, -0.25) is 4.79 Å². The van der Waals surface area contributed by atoms with Gasteiger partial charge in [0.25, 0.3) is 5.91 Å². The number of benzene rings is 2. The van der Waals surface area contributed by atoms with Crippen LogP contribution in [0.1, 0.15) is 52.5 Å². The van der Waals surface area contributed by atoms with Gasteiger partial charge in [0.2, 0.25) is 0 Å². The molecule has 4 rings (SSSR count). The number of halogens is 7. The Kier molecular flexibility index (Phi) is 7.80. The number of hydrogen-bond acceptors (Lipinski definition) is 3. The molecule has 1 aliphatic rings. The van der Waals surface area contributed by atoms with Crippen LogP contribution in [0.4, 0.5) is 26.3 Å². The van der Waals surface area contributed by atoms with Crippen molar-refractivity contribution in [1.82, 2.24) is 15.6 Å². The lowest BCUT2D eigenvalue weighted by molar-refractivity contribution is -0.138. The summed E-state index contributed by atoms with van der Waals surface area (Å²) in [5, 5.41) is 5.33. The van der Waals surface area contributed by atoms with Crippen molar-refractivity contribution in [3.8, 4) is 11.1 Å². The first-order valence-electron chi connectivity index (χ1n) is 11.5. The van der Waals surface area contributed by atoms with Crippen LogP contribution in [0.25, 0.3) is 11.1 Å². The van der Waals surface area contributed by atoms with Crippen LogP contribution < -0.4 is 10.6 Å². The standard InChI is InChI=1S/C26H22ClF6N3O/c27-21-19(26(31,32)33)11-13-35-23(21)24(37)36-22(20-6-1-2-12-34-20)17-5-3-4-16(14-17)15-7-9-18(10-8-15)25(28,29)30/h3-5,7-11,13-14,20,22,34H,1-2,6,12H2,(H,36,37)/t20?,22-/m0/s1. The minimum atomic E-state index is -4.75. The van der Waals surface area contributed by atoms with E-state index in [1.807, 2.05) is 0 Å². The van der Waals surface area contributed by atoms with Gasteiger partial charge >= 0.3 is 12.4 Å². The van der Waals surface area contributed by atoms with Crippen molar-refractivity contribution in [1.29, 1.82) is 0 Å². The van der Waals surface area contributed by atoms with Gasteiger partial charge in [0, 0.05) is 12.2 Å². The fourth-order valence-corrected chi connectivity index (χ4v) is 4.68. The molecule has 1 amide bonds. The second-order valence-corrected chi connectivity index (χ2v) is 9.10. The lowest BCUT2D eigenvalue weighted by atomic mass is 9.90. The number of carbonyl (C=O) groups excluding carboxylic acids is 1. The molecular weight excluding hydrogens is 520 g/mol. The molecule has 37 heavy (non-hydrogen) atoms. The summed E-state index contributed by atoms with van der Waals surface area (Å²) in [6, 6.07) is 11.4. The van der Waals surface area contributed by atoms with Crippen molar-refractivity contribution in [2.24, 2.45) is 0 Å². The second-order valence-electron chi connectivity index (χ2n) is 8.73. The summed E-state index contributed by atoms with van der Waals surface area (Å²) in [5.74, 6) is -0.867. The summed E-state index contributed by atoms with van der Waals surface area (Å²) in [5.41, 5.74) is -0.680. The molecule has 0 radical (unpaired) electrons. The van der Waals surface area contributed by atoms with Gasteiger partial charge in [-0.15, -0.1) is 0 Å². The topological polar surface area (TPSA) is 54.0 Å². The number of piperidine rings is 1. The molecule has 1 fully saturated rings. The van der Waals surface area contributed by atoms with Crippen LogP contribution in [0.15, 0.2) is 60.8 Å². The summed E-state index contributed by atoms with van der Waals surface area (Å²) in [4.78, 5) is 16.9. The first-order valence-corrected chi connectivity index (χ1v) is 11.9. The zero-order valence-electron chi connectivity index (χ0n) is 19.3. The number of carbonyl (C=O) groups is 1. The largest absolute Gasteiger partial charge is 0.417 e. The van der Waals surface area contributed by atoms with Crippen LogP contribution in [0.5, 0.6) is 0 Å². The molecule has 0 aliphatic carbocycles. The number of amides is 1. The van der Waals surface area contributed by atoms with Gasteiger partial charge in [0.05, 0.1) is 22.2 Å². The Morgan fingerprint density at radius 1 is 0.973 bits per heavy atom. The third kappa shape index (κ3) is 6.24. The highest BCUT2D eigenvalue weighted by atomic mass is 35.5. The lowest BCUT2D eigenvalue weighted by Gasteiger charge is -2.32. The van der Waals surface area contributed by atoms with E-state index in [1.165, 1.54) is 12.1 Å². The van der Waals surface area contributed by atoms with E-state index in [9.17, 15) is 31.1 Å². The molecule has 2 aromatic carbocycles. The monoisotopic (exact) mass is 541 g/mol. The molecule has 1 aliphatic heterocycles. The van der Waals surface area contributed by atoms with Crippen LogP contribution >= 0.6 is 11.6 Å². The van der Waals surface area contributed by atoms with E-state index in [1.54, 1.807) is 24.3 Å². The van der Waals surface area contributed by atoms with Crippen LogP contribution in [0.2, 0.25) is 5.02 Å². The highest BCUT2D eigenvalue weighted by molar-refractivity contribution is 6.34. The Bertz CT molecular complexity index is 1250. The highest BCUT2D eigenvalue weighted by Crippen LogP contribution is 2.36. The number of nitrogens with one attached hydrogen (secondary N) is 2. The molecule has 0 bridgehead atoms. The van der Waals surface area contributed by atoms with E-state index in [0.717, 1.165) is 31.2 Å². The third-order valence-electron chi connectivity index (χ3n) is 6.24. The van der Waals surface area contributed by atoms with Gasteiger partial charge in [-0.2, -0.15) is 26.3 Å². The van der Waals surface area contributed by atoms with Gasteiger partial charge < -0.3 is 10.6 Å². The van der Waals surface area contributed by atoms with Gasteiger partial charge in [0.15, 0.2) is 0 Å². The minimum Gasteiger partial charge on any atom is -0.342 e. The van der Waals surface area contributed by atoms with Crippen LogP contribution in [-0.2, 0) is 12.4 Å². The molecule has 196 valence electrons. The normalized spacial score (nSPS) is 17.3. The number of alkyl halides is 6. The Morgan fingerprint density at radius 3 is 2.32 bits per heavy atom. The Balaban J connectivity index is 1.67. The Hall–Kier alpha value is -3.11. The maximum atomic E-state index is 13.3. The molecule has 1 unspecified atom stereocenters. The van der Waals surface area contributed by atoms with Crippen LogP contribution in [0.3, 0.4) is 0 Å². The van der Waals surface area contributed by atoms with E-state index in [0.29, 0.717) is 35.7 Å². The van der Waals surface area contributed by atoms with Crippen molar-refractivity contribution in [2.45, 2.75) is 43.7 Å². The molecule has 0 saturated carbocycles. The number of aromatic nitrogens is 1. The first-order chi connectivity index (χ1) is 17.4. The van der Waals surface area contributed by atoms with Crippen molar-refractivity contribution in [2.75, 3.05) is 6.54 Å².